The molecule has 1 aliphatic rings. The molecule has 2 aromatic heterocycles. The number of carboxylic acid groups (broad SMARTS) is 1. The number of hydrogen-bond donors (Lipinski definition) is 1. The third kappa shape index (κ3) is 2.74. The van der Waals surface area contributed by atoms with E-state index in [1.165, 1.54) is 22.9 Å². The van der Waals surface area contributed by atoms with Crippen LogP contribution in [0.4, 0.5) is 5.82 Å². The molecule has 1 N–H and O–H groups in total. The van der Waals surface area contributed by atoms with Gasteiger partial charge in [-0.1, -0.05) is 11.2 Å². The molecular formula is C17H13N4O3+. The smallest absolute Gasteiger partial charge is 0.347 e. The fraction of sp³-hybridized carbons (Fsp3) is 0.0588. The summed E-state index contributed by atoms with van der Waals surface area (Å²) >= 11 is 0. The van der Waals surface area contributed by atoms with Crippen LogP contribution in [-0.2, 0) is 0 Å². The molecule has 0 unspecified atom stereocenters. The maximum Gasteiger partial charge on any atom is 0.347 e. The van der Waals surface area contributed by atoms with E-state index in [1.807, 2.05) is 0 Å². The standard InChI is InChI=1S/C17H12N4O3/c1-10-11(17(23)24)9-12-14(22)7-6-13(16(12)19-10)20-21(2)15-5-3-4-8-18-15/h3-9H,2H2,1H3/p+1/b20-13-. The van der Waals surface area contributed by atoms with Gasteiger partial charge in [-0.2, -0.15) is 0 Å². The second-order valence-corrected chi connectivity index (χ2v) is 5.09. The number of hydrazone groups is 1. The lowest BCUT2D eigenvalue weighted by atomic mass is 9.96. The lowest BCUT2D eigenvalue weighted by Gasteiger charge is -2.12. The van der Waals surface area contributed by atoms with E-state index in [9.17, 15) is 14.7 Å². The highest BCUT2D eigenvalue weighted by atomic mass is 16.4. The molecule has 0 radical (unpaired) electrons. The van der Waals surface area contributed by atoms with Crippen LogP contribution in [0, 0.1) is 6.92 Å². The molecule has 3 rings (SSSR count). The van der Waals surface area contributed by atoms with Crippen LogP contribution >= 0.6 is 0 Å². The predicted molar refractivity (Wildman–Crippen MR) is 87.2 cm³/mol. The Labute approximate surface area is 137 Å². The van der Waals surface area contributed by atoms with Gasteiger partial charge in [-0.05, 0) is 36.2 Å². The Hall–Kier alpha value is -3.48. The van der Waals surface area contributed by atoms with E-state index in [-0.39, 0.29) is 16.9 Å². The largest absolute Gasteiger partial charge is 0.478 e. The number of rotatable bonds is 3. The van der Waals surface area contributed by atoms with Gasteiger partial charge in [0.2, 0.25) is 0 Å². The molecule has 0 fully saturated rings. The van der Waals surface area contributed by atoms with Gasteiger partial charge >= 0.3 is 11.8 Å². The summed E-state index contributed by atoms with van der Waals surface area (Å²) in [5, 5.41) is 13.5. The van der Waals surface area contributed by atoms with Crippen LogP contribution in [0.25, 0.3) is 0 Å². The van der Waals surface area contributed by atoms with Crippen molar-refractivity contribution in [2.45, 2.75) is 6.92 Å². The zero-order valence-electron chi connectivity index (χ0n) is 12.8. The summed E-state index contributed by atoms with van der Waals surface area (Å²) in [6.45, 7) is 5.38. The topological polar surface area (TPSA) is 95.5 Å². The number of ketones is 1. The summed E-state index contributed by atoms with van der Waals surface area (Å²) in [4.78, 5) is 31.7. The van der Waals surface area contributed by atoms with E-state index in [0.29, 0.717) is 22.9 Å². The van der Waals surface area contributed by atoms with E-state index < -0.39 is 5.97 Å². The summed E-state index contributed by atoms with van der Waals surface area (Å²) in [5.74, 6) is -0.918. The monoisotopic (exact) mass is 321 g/mol. The number of carbonyl (C=O) groups is 2. The SMILES string of the molecule is C=[N+](/N=C1/C=CC(=O)c2cc(C(=O)O)c(C)nc21)c1ccccn1. The molecule has 24 heavy (non-hydrogen) atoms. The average molecular weight is 321 g/mol. The van der Waals surface area contributed by atoms with Gasteiger partial charge in [-0.3, -0.25) is 4.79 Å². The number of aryl methyl sites for hydroxylation is 1. The first kappa shape index (κ1) is 15.4. The molecule has 0 aliphatic heterocycles. The van der Waals surface area contributed by atoms with E-state index in [1.54, 1.807) is 31.3 Å². The van der Waals surface area contributed by atoms with E-state index in [2.05, 4.69) is 21.8 Å². The molecule has 118 valence electrons. The zero-order chi connectivity index (χ0) is 17.3. The first-order valence-corrected chi connectivity index (χ1v) is 7.05. The Morgan fingerprint density at radius 2 is 2.12 bits per heavy atom. The summed E-state index contributed by atoms with van der Waals surface area (Å²) in [6.07, 6.45) is 4.47. The minimum absolute atomic E-state index is 0.00652. The van der Waals surface area contributed by atoms with Crippen LogP contribution in [0.3, 0.4) is 0 Å². The lowest BCUT2D eigenvalue weighted by molar-refractivity contribution is -0.439. The maximum atomic E-state index is 12.1. The lowest BCUT2D eigenvalue weighted by Crippen LogP contribution is -2.19. The molecule has 1 aliphatic carbocycles. The molecule has 2 heterocycles. The van der Waals surface area contributed by atoms with Crippen molar-refractivity contribution in [1.29, 1.82) is 0 Å². The molecule has 0 amide bonds. The third-order valence-corrected chi connectivity index (χ3v) is 3.49. The van der Waals surface area contributed by atoms with Gasteiger partial charge in [0.1, 0.15) is 17.6 Å². The van der Waals surface area contributed by atoms with E-state index in [0.717, 1.165) is 0 Å². The summed E-state index contributed by atoms with van der Waals surface area (Å²) in [5.41, 5.74) is 1.24. The van der Waals surface area contributed by atoms with Gasteiger partial charge in [0.25, 0.3) is 0 Å². The van der Waals surface area contributed by atoms with Crippen LogP contribution in [0.15, 0.2) is 47.7 Å². The number of nitrogens with zero attached hydrogens (tertiary/aromatic N) is 4. The molecule has 0 atom stereocenters. The zero-order valence-corrected chi connectivity index (χ0v) is 12.8. The normalized spacial score (nSPS) is 14.5. The molecule has 0 saturated heterocycles. The van der Waals surface area contributed by atoms with Crippen molar-refractivity contribution < 1.29 is 19.4 Å². The van der Waals surface area contributed by atoms with Crippen LogP contribution in [-0.4, -0.2) is 43.9 Å². The summed E-state index contributed by atoms with van der Waals surface area (Å²) < 4.78 is 1.32. The number of carboxylic acids is 1. The summed E-state index contributed by atoms with van der Waals surface area (Å²) in [7, 11) is 0. The van der Waals surface area contributed by atoms with Crippen molar-refractivity contribution in [2.75, 3.05) is 0 Å². The van der Waals surface area contributed by atoms with Crippen LogP contribution in [0.2, 0.25) is 0 Å². The first-order chi connectivity index (χ1) is 11.5. The Morgan fingerprint density at radius 1 is 1.33 bits per heavy atom. The predicted octanol–water partition coefficient (Wildman–Crippen LogP) is 1.98. The quantitative estimate of drug-likeness (QED) is 0.530. The number of aromatic nitrogens is 2. The van der Waals surface area contributed by atoms with Crippen molar-refractivity contribution in [1.82, 2.24) is 9.97 Å². The third-order valence-electron chi connectivity index (χ3n) is 3.49. The maximum absolute atomic E-state index is 12.1. The average Bonchev–Trinajstić information content (AvgIpc) is 2.57. The number of fused-ring (bicyclic) bond motifs is 1. The van der Waals surface area contributed by atoms with Gasteiger partial charge in [0.05, 0.1) is 23.5 Å². The molecule has 2 aromatic rings. The highest BCUT2D eigenvalue weighted by molar-refractivity contribution is 6.23. The first-order valence-electron chi connectivity index (χ1n) is 7.05. The van der Waals surface area contributed by atoms with Crippen molar-refractivity contribution in [3.8, 4) is 0 Å². The van der Waals surface area contributed by atoms with Gasteiger partial charge in [-0.25, -0.2) is 9.78 Å². The van der Waals surface area contributed by atoms with Crippen LogP contribution in [0.1, 0.15) is 32.1 Å². The van der Waals surface area contributed by atoms with Gasteiger partial charge in [0.15, 0.2) is 5.78 Å². The van der Waals surface area contributed by atoms with Crippen LogP contribution < -0.4 is 0 Å². The molecule has 0 bridgehead atoms. The number of carbonyl (C=O) groups excluding carboxylic acids is 1. The highest BCUT2D eigenvalue weighted by Crippen LogP contribution is 2.20. The minimum Gasteiger partial charge on any atom is -0.478 e. The van der Waals surface area contributed by atoms with Gasteiger partial charge in [-0.15, -0.1) is 4.68 Å². The van der Waals surface area contributed by atoms with E-state index in [4.69, 9.17) is 0 Å². The molecule has 0 saturated carbocycles. The Bertz CT molecular complexity index is 930. The van der Waals surface area contributed by atoms with Crippen LogP contribution in [0.5, 0.6) is 0 Å². The second kappa shape index (κ2) is 5.96. The molecule has 0 aromatic carbocycles. The Balaban J connectivity index is 2.10. The Morgan fingerprint density at radius 3 is 2.79 bits per heavy atom. The second-order valence-electron chi connectivity index (χ2n) is 5.09. The van der Waals surface area contributed by atoms with Crippen molar-refractivity contribution in [2.24, 2.45) is 5.10 Å². The van der Waals surface area contributed by atoms with Crippen molar-refractivity contribution in [3.05, 3.63) is 65.1 Å². The van der Waals surface area contributed by atoms with Gasteiger partial charge < -0.3 is 5.11 Å². The fourth-order valence-electron chi connectivity index (χ4n) is 2.30. The number of aromatic carboxylic acids is 1. The van der Waals surface area contributed by atoms with E-state index >= 15 is 0 Å². The van der Waals surface area contributed by atoms with Crippen molar-refractivity contribution >= 4 is 30.0 Å². The number of hydrogen-bond acceptors (Lipinski definition) is 5. The number of allylic oxidation sites excluding steroid dienone is 2. The highest BCUT2D eigenvalue weighted by Gasteiger charge is 2.24. The number of pyridine rings is 2. The van der Waals surface area contributed by atoms with Crippen molar-refractivity contribution in [3.63, 3.8) is 0 Å². The van der Waals surface area contributed by atoms with Gasteiger partial charge in [0, 0.05) is 6.07 Å². The fourth-order valence-corrected chi connectivity index (χ4v) is 2.30. The molecule has 7 heteroatoms. The molecular weight excluding hydrogens is 308 g/mol. The molecule has 7 nitrogen and oxygen atoms in total. The minimum atomic E-state index is -1.13. The summed E-state index contributed by atoms with van der Waals surface area (Å²) in [6, 6.07) is 6.64. The molecule has 0 spiro atoms. The Kier molecular flexibility index (Phi) is 3.83.